The van der Waals surface area contributed by atoms with E-state index in [2.05, 4.69) is 29.7 Å². The summed E-state index contributed by atoms with van der Waals surface area (Å²) in [5.41, 5.74) is 4.59. The molecule has 5 aromatic rings. The molecule has 0 radical (unpaired) electrons. The minimum absolute atomic E-state index is 0.220. The van der Waals surface area contributed by atoms with E-state index in [0.29, 0.717) is 23.5 Å². The summed E-state index contributed by atoms with van der Waals surface area (Å²) in [4.78, 5) is 27.5. The molecule has 0 spiro atoms. The predicted molar refractivity (Wildman–Crippen MR) is 165 cm³/mol. The molecule has 1 saturated heterocycles. The number of nitrogens with zero attached hydrogens (tertiary/aromatic N) is 5. The molecule has 1 aliphatic heterocycles. The monoisotopic (exact) mass is 600 g/mol. The maximum Gasteiger partial charge on any atom is 0.252 e. The van der Waals surface area contributed by atoms with E-state index >= 15 is 0 Å². The number of nitrogens with one attached hydrogen (secondary N) is 1. The van der Waals surface area contributed by atoms with Gasteiger partial charge in [-0.2, -0.15) is 0 Å². The van der Waals surface area contributed by atoms with Crippen molar-refractivity contribution in [2.45, 2.75) is 13.0 Å². The quantitative estimate of drug-likeness (QED) is 0.262. The summed E-state index contributed by atoms with van der Waals surface area (Å²) in [6.45, 7) is 4.14. The second kappa shape index (κ2) is 12.5. The average Bonchev–Trinajstić information content (AvgIpc) is 3.36. The van der Waals surface area contributed by atoms with Gasteiger partial charge >= 0.3 is 0 Å². The first-order chi connectivity index (χ1) is 21.4. The lowest BCUT2D eigenvalue weighted by Crippen LogP contribution is -2.47. The number of halogens is 2. The lowest BCUT2D eigenvalue weighted by atomic mass is 10.1. The normalized spacial score (nSPS) is 13.9. The van der Waals surface area contributed by atoms with E-state index in [9.17, 15) is 13.6 Å². The number of anilines is 1. The minimum Gasteiger partial charge on any atom is -0.493 e. The number of aryl methyl sites for hydroxylation is 1. The van der Waals surface area contributed by atoms with E-state index in [-0.39, 0.29) is 12.5 Å². The number of ether oxygens (including phenoxy) is 2. The summed E-state index contributed by atoms with van der Waals surface area (Å²) < 4.78 is 39.9. The molecule has 0 atom stereocenters. The summed E-state index contributed by atoms with van der Waals surface area (Å²) in [5.74, 6) is 0.148. The van der Waals surface area contributed by atoms with Crippen molar-refractivity contribution in [1.82, 2.24) is 24.8 Å². The van der Waals surface area contributed by atoms with Crippen molar-refractivity contribution in [3.63, 3.8) is 0 Å². The number of aromatic nitrogens is 3. The van der Waals surface area contributed by atoms with E-state index in [0.717, 1.165) is 71.6 Å². The molecule has 3 aromatic carbocycles. The lowest BCUT2D eigenvalue weighted by molar-refractivity contribution is 0.0952. The number of hydrogen-bond acceptors (Lipinski definition) is 7. The molecule has 1 amide bonds. The molecular formula is C33H34F2N6O3. The van der Waals surface area contributed by atoms with Gasteiger partial charge in [0.2, 0.25) is 0 Å². The van der Waals surface area contributed by atoms with Crippen LogP contribution in [0.25, 0.3) is 21.9 Å². The SMILES string of the molecule is COc1cccc(CNC(=O)c2cccc3c2c2ncnc(N4CCN(CCc5ccc(F)c(F)c5)CC4)c2n3C)c1OC. The standard InChI is InChI=1S/C33H34F2N6O3/c1-39-26-8-5-7-23(33(42)36-19-22-6-4-9-27(43-2)31(22)44-3)28(26)29-30(39)32(38-20-37-29)41-16-14-40(15-17-41)13-12-21-10-11-24(34)25(35)18-21/h4-11,18,20H,12-17,19H2,1-3H3,(H,36,42). The number of hydrogen-bond donors (Lipinski definition) is 1. The lowest BCUT2D eigenvalue weighted by Gasteiger charge is -2.35. The summed E-state index contributed by atoms with van der Waals surface area (Å²) in [6, 6.07) is 15.3. The van der Waals surface area contributed by atoms with Crippen LogP contribution >= 0.6 is 0 Å². The summed E-state index contributed by atoms with van der Waals surface area (Å²) >= 11 is 0. The Morgan fingerprint density at radius 1 is 0.955 bits per heavy atom. The summed E-state index contributed by atoms with van der Waals surface area (Å²) in [5, 5.41) is 3.81. The Morgan fingerprint density at radius 3 is 2.50 bits per heavy atom. The van der Waals surface area contributed by atoms with Crippen molar-refractivity contribution in [3.8, 4) is 11.5 Å². The highest BCUT2D eigenvalue weighted by Crippen LogP contribution is 2.35. The Morgan fingerprint density at radius 2 is 1.75 bits per heavy atom. The number of amides is 1. The van der Waals surface area contributed by atoms with Gasteiger partial charge in [-0.1, -0.05) is 24.3 Å². The largest absolute Gasteiger partial charge is 0.493 e. The first-order valence-corrected chi connectivity index (χ1v) is 14.5. The Hall–Kier alpha value is -4.77. The fraction of sp³-hybridized carbons (Fsp3) is 0.303. The molecule has 9 nitrogen and oxygen atoms in total. The maximum absolute atomic E-state index is 13.6. The minimum atomic E-state index is -0.825. The highest BCUT2D eigenvalue weighted by atomic mass is 19.2. The molecule has 0 unspecified atom stereocenters. The van der Waals surface area contributed by atoms with E-state index in [1.165, 1.54) is 12.1 Å². The van der Waals surface area contributed by atoms with Gasteiger partial charge in [0.25, 0.3) is 5.91 Å². The Bertz CT molecular complexity index is 1830. The van der Waals surface area contributed by atoms with Crippen molar-refractivity contribution in [3.05, 3.63) is 89.2 Å². The third-order valence-electron chi connectivity index (χ3n) is 8.32. The van der Waals surface area contributed by atoms with Crippen molar-refractivity contribution in [2.24, 2.45) is 7.05 Å². The summed E-state index contributed by atoms with van der Waals surface area (Å²) in [7, 11) is 5.13. The van der Waals surface area contributed by atoms with Crippen LogP contribution in [0, 0.1) is 11.6 Å². The number of fused-ring (bicyclic) bond motifs is 3. The highest BCUT2D eigenvalue weighted by molar-refractivity contribution is 6.18. The zero-order chi connectivity index (χ0) is 30.8. The molecular weight excluding hydrogens is 566 g/mol. The molecule has 44 heavy (non-hydrogen) atoms. The van der Waals surface area contributed by atoms with Crippen LogP contribution in [0.1, 0.15) is 21.5 Å². The molecule has 1 fully saturated rings. The van der Waals surface area contributed by atoms with Gasteiger partial charge in [0.15, 0.2) is 29.0 Å². The van der Waals surface area contributed by atoms with Crippen LogP contribution in [0.4, 0.5) is 14.6 Å². The average molecular weight is 601 g/mol. The summed E-state index contributed by atoms with van der Waals surface area (Å²) in [6.07, 6.45) is 2.20. The fourth-order valence-corrected chi connectivity index (χ4v) is 6.00. The second-order valence-electron chi connectivity index (χ2n) is 10.8. The van der Waals surface area contributed by atoms with Crippen molar-refractivity contribution in [2.75, 3.05) is 51.8 Å². The Balaban J connectivity index is 1.21. The maximum atomic E-state index is 13.6. The van der Waals surface area contributed by atoms with E-state index in [1.54, 1.807) is 26.6 Å². The molecule has 6 rings (SSSR count). The molecule has 0 aliphatic carbocycles. The van der Waals surface area contributed by atoms with Gasteiger partial charge in [-0.15, -0.1) is 0 Å². The number of para-hydroxylation sites is 1. The third-order valence-corrected chi connectivity index (χ3v) is 8.32. The molecule has 0 saturated carbocycles. The van der Waals surface area contributed by atoms with Crippen molar-refractivity contribution < 1.29 is 23.0 Å². The topological polar surface area (TPSA) is 84.7 Å². The van der Waals surface area contributed by atoms with Gasteiger partial charge < -0.3 is 24.3 Å². The van der Waals surface area contributed by atoms with E-state index < -0.39 is 11.6 Å². The zero-order valence-corrected chi connectivity index (χ0v) is 24.9. The Kier molecular flexibility index (Phi) is 8.30. The van der Waals surface area contributed by atoms with E-state index in [4.69, 9.17) is 9.47 Å². The van der Waals surface area contributed by atoms with Crippen LogP contribution in [0.5, 0.6) is 11.5 Å². The predicted octanol–water partition coefficient (Wildman–Crippen LogP) is 4.71. The van der Waals surface area contributed by atoms with E-state index in [1.807, 2.05) is 43.4 Å². The first kappa shape index (κ1) is 29.3. The molecule has 1 aliphatic rings. The first-order valence-electron chi connectivity index (χ1n) is 14.5. The molecule has 11 heteroatoms. The fourth-order valence-electron chi connectivity index (χ4n) is 6.00. The molecule has 228 valence electrons. The number of methoxy groups -OCH3 is 2. The second-order valence-corrected chi connectivity index (χ2v) is 10.8. The van der Waals surface area contributed by atoms with Gasteiger partial charge in [-0.05, 0) is 42.3 Å². The van der Waals surface area contributed by atoms with Gasteiger partial charge in [-0.25, -0.2) is 18.7 Å². The smallest absolute Gasteiger partial charge is 0.252 e. The van der Waals surface area contributed by atoms with Crippen LogP contribution in [-0.2, 0) is 20.0 Å². The van der Waals surface area contributed by atoms with Gasteiger partial charge in [0, 0.05) is 57.3 Å². The van der Waals surface area contributed by atoms with Crippen molar-refractivity contribution in [1.29, 1.82) is 0 Å². The molecule has 2 aromatic heterocycles. The van der Waals surface area contributed by atoms with Gasteiger partial charge in [-0.3, -0.25) is 9.69 Å². The van der Waals surface area contributed by atoms with Gasteiger partial charge in [0.05, 0.1) is 25.3 Å². The van der Waals surface area contributed by atoms with Crippen LogP contribution in [0.15, 0.2) is 60.9 Å². The zero-order valence-electron chi connectivity index (χ0n) is 24.9. The number of rotatable bonds is 9. The van der Waals surface area contributed by atoms with Crippen LogP contribution < -0.4 is 19.7 Å². The molecule has 0 bridgehead atoms. The Labute approximate surface area is 254 Å². The van der Waals surface area contributed by atoms with Gasteiger partial charge in [0.1, 0.15) is 17.4 Å². The number of carbonyl (C=O) groups is 1. The highest BCUT2D eigenvalue weighted by Gasteiger charge is 2.25. The van der Waals surface area contributed by atoms with Crippen LogP contribution in [-0.4, -0.2) is 72.3 Å². The van der Waals surface area contributed by atoms with Crippen molar-refractivity contribution >= 4 is 33.7 Å². The number of benzene rings is 3. The third kappa shape index (κ3) is 5.50. The molecule has 1 N–H and O–H groups in total. The number of piperazine rings is 1. The van der Waals surface area contributed by atoms with Crippen LogP contribution in [0.2, 0.25) is 0 Å². The molecule has 3 heterocycles. The van der Waals surface area contributed by atoms with Crippen LogP contribution in [0.3, 0.4) is 0 Å². The number of carbonyl (C=O) groups excluding carboxylic acids is 1.